The second-order valence-corrected chi connectivity index (χ2v) is 6.84. The Balaban J connectivity index is 1.84. The largest absolute Gasteiger partial charge is 0.454 e. The number of ether oxygens (including phenoxy) is 3. The van der Waals surface area contributed by atoms with E-state index in [0.717, 1.165) is 0 Å². The lowest BCUT2D eigenvalue weighted by atomic mass is 9.90. The normalized spacial score (nSPS) is 15.1. The Morgan fingerprint density at radius 2 is 1.93 bits per heavy atom. The first-order chi connectivity index (χ1) is 13.2. The number of carbonyl (C=O) groups is 3. The van der Waals surface area contributed by atoms with Crippen LogP contribution >= 0.6 is 0 Å². The Bertz CT molecular complexity index is 816. The fourth-order valence-corrected chi connectivity index (χ4v) is 2.24. The molecule has 9 heteroatoms. The van der Waals surface area contributed by atoms with Gasteiger partial charge in [-0.2, -0.15) is 5.26 Å². The van der Waals surface area contributed by atoms with Crippen molar-refractivity contribution in [1.82, 2.24) is 10.6 Å². The van der Waals surface area contributed by atoms with Gasteiger partial charge in [0, 0.05) is 5.56 Å². The monoisotopic (exact) mass is 389 g/mol. The van der Waals surface area contributed by atoms with E-state index in [4.69, 9.17) is 14.2 Å². The van der Waals surface area contributed by atoms with Gasteiger partial charge in [0.15, 0.2) is 17.6 Å². The maximum absolute atomic E-state index is 12.2. The summed E-state index contributed by atoms with van der Waals surface area (Å²) in [6.07, 6.45) is -1.11. The standard InChI is InChI=1S/C19H23N3O6/c1-11(2)19(4,9-20)22-17(24)12(3)28-16(23)8-21-18(25)13-5-6-14-15(7-13)27-10-26-14/h5-7,11-12H,8,10H2,1-4H3,(H,21,25)(H,22,24)/t12-,19-/m0/s1. The van der Waals surface area contributed by atoms with Crippen molar-refractivity contribution in [2.75, 3.05) is 13.3 Å². The third-order valence-electron chi connectivity index (χ3n) is 4.48. The number of amides is 2. The van der Waals surface area contributed by atoms with E-state index in [9.17, 15) is 19.6 Å². The molecule has 2 amide bonds. The summed E-state index contributed by atoms with van der Waals surface area (Å²) in [7, 11) is 0. The average molecular weight is 389 g/mol. The zero-order valence-electron chi connectivity index (χ0n) is 16.2. The van der Waals surface area contributed by atoms with Gasteiger partial charge in [0.1, 0.15) is 12.1 Å². The molecular weight excluding hydrogens is 366 g/mol. The Morgan fingerprint density at radius 3 is 2.57 bits per heavy atom. The van der Waals surface area contributed by atoms with Crippen LogP contribution in [-0.2, 0) is 14.3 Å². The number of rotatable bonds is 7. The minimum absolute atomic E-state index is 0.0916. The Hall–Kier alpha value is -3.28. The average Bonchev–Trinajstić information content (AvgIpc) is 3.13. The number of hydrogen-bond donors (Lipinski definition) is 2. The summed E-state index contributed by atoms with van der Waals surface area (Å²) in [6.45, 7) is 6.26. The van der Waals surface area contributed by atoms with Gasteiger partial charge in [-0.25, -0.2) is 0 Å². The van der Waals surface area contributed by atoms with Gasteiger partial charge in [-0.15, -0.1) is 0 Å². The van der Waals surface area contributed by atoms with Crippen LogP contribution in [-0.4, -0.2) is 42.8 Å². The van der Waals surface area contributed by atoms with E-state index in [2.05, 4.69) is 10.6 Å². The number of benzene rings is 1. The number of carbonyl (C=O) groups excluding carboxylic acids is 3. The highest BCUT2D eigenvalue weighted by molar-refractivity contribution is 5.96. The molecule has 0 aromatic heterocycles. The highest BCUT2D eigenvalue weighted by Crippen LogP contribution is 2.32. The molecule has 1 heterocycles. The number of nitrogens with one attached hydrogen (secondary N) is 2. The van der Waals surface area contributed by atoms with Crippen molar-refractivity contribution in [1.29, 1.82) is 5.26 Å². The van der Waals surface area contributed by atoms with E-state index in [1.54, 1.807) is 32.9 Å². The lowest BCUT2D eigenvalue weighted by Crippen LogP contribution is -2.52. The first kappa shape index (κ1) is 21.0. The molecule has 0 aliphatic carbocycles. The number of fused-ring (bicyclic) bond motifs is 1. The molecule has 0 saturated heterocycles. The van der Waals surface area contributed by atoms with Crippen LogP contribution in [0.5, 0.6) is 11.5 Å². The van der Waals surface area contributed by atoms with E-state index >= 15 is 0 Å². The Kier molecular flexibility index (Phi) is 6.46. The summed E-state index contributed by atoms with van der Waals surface area (Å²) in [6, 6.07) is 6.69. The van der Waals surface area contributed by atoms with E-state index in [1.165, 1.54) is 13.0 Å². The molecule has 0 saturated carbocycles. The van der Waals surface area contributed by atoms with Gasteiger partial charge in [0.2, 0.25) is 6.79 Å². The third-order valence-corrected chi connectivity index (χ3v) is 4.48. The van der Waals surface area contributed by atoms with Crippen molar-refractivity contribution in [2.24, 2.45) is 5.92 Å². The van der Waals surface area contributed by atoms with Gasteiger partial charge in [-0.1, -0.05) is 13.8 Å². The van der Waals surface area contributed by atoms with E-state index in [0.29, 0.717) is 17.1 Å². The molecule has 0 radical (unpaired) electrons. The lowest BCUT2D eigenvalue weighted by Gasteiger charge is -2.28. The zero-order valence-corrected chi connectivity index (χ0v) is 16.2. The van der Waals surface area contributed by atoms with Crippen LogP contribution in [0.4, 0.5) is 0 Å². The molecule has 2 rings (SSSR count). The maximum Gasteiger partial charge on any atom is 0.326 e. The lowest BCUT2D eigenvalue weighted by molar-refractivity contribution is -0.154. The van der Waals surface area contributed by atoms with Gasteiger partial charge in [0.25, 0.3) is 11.8 Å². The van der Waals surface area contributed by atoms with Crippen molar-refractivity contribution in [3.63, 3.8) is 0 Å². The van der Waals surface area contributed by atoms with Crippen molar-refractivity contribution >= 4 is 17.8 Å². The van der Waals surface area contributed by atoms with Crippen LogP contribution < -0.4 is 20.1 Å². The summed E-state index contributed by atoms with van der Waals surface area (Å²) < 4.78 is 15.4. The van der Waals surface area contributed by atoms with Crippen LogP contribution in [0.15, 0.2) is 18.2 Å². The molecule has 0 bridgehead atoms. The molecule has 1 aromatic rings. The quantitative estimate of drug-likeness (QED) is 0.669. The fourth-order valence-electron chi connectivity index (χ4n) is 2.24. The molecule has 150 valence electrons. The minimum atomic E-state index is -1.11. The van der Waals surface area contributed by atoms with Gasteiger partial charge in [0.05, 0.1) is 6.07 Å². The van der Waals surface area contributed by atoms with Gasteiger partial charge in [-0.05, 0) is 38.0 Å². The van der Waals surface area contributed by atoms with Gasteiger partial charge in [-0.3, -0.25) is 14.4 Å². The molecule has 2 atom stereocenters. The second-order valence-electron chi connectivity index (χ2n) is 6.84. The highest BCUT2D eigenvalue weighted by Gasteiger charge is 2.32. The number of nitrogens with zero attached hydrogens (tertiary/aromatic N) is 1. The van der Waals surface area contributed by atoms with E-state index in [-0.39, 0.29) is 12.7 Å². The smallest absolute Gasteiger partial charge is 0.326 e. The second kappa shape index (κ2) is 8.61. The minimum Gasteiger partial charge on any atom is -0.454 e. The fraction of sp³-hybridized carbons (Fsp3) is 0.474. The summed E-state index contributed by atoms with van der Waals surface area (Å²) in [4.78, 5) is 36.2. The topological polar surface area (TPSA) is 127 Å². The summed E-state index contributed by atoms with van der Waals surface area (Å²) in [5.41, 5.74) is -0.782. The maximum atomic E-state index is 12.2. The number of esters is 1. The molecule has 1 aliphatic rings. The van der Waals surface area contributed by atoms with E-state index in [1.807, 2.05) is 6.07 Å². The summed E-state index contributed by atoms with van der Waals surface area (Å²) >= 11 is 0. The van der Waals surface area contributed by atoms with Crippen LogP contribution in [0.3, 0.4) is 0 Å². The first-order valence-electron chi connectivity index (χ1n) is 8.77. The van der Waals surface area contributed by atoms with Crippen molar-refractivity contribution in [3.05, 3.63) is 23.8 Å². The molecule has 0 spiro atoms. The van der Waals surface area contributed by atoms with Crippen LogP contribution in [0, 0.1) is 17.2 Å². The van der Waals surface area contributed by atoms with Crippen molar-refractivity contribution < 1.29 is 28.6 Å². The Labute approximate surface area is 162 Å². The van der Waals surface area contributed by atoms with E-state index < -0.39 is 36.0 Å². The SMILES string of the molecule is CC(C)[C@](C)(C#N)NC(=O)[C@H](C)OC(=O)CNC(=O)c1ccc2c(c1)OCO2. The highest BCUT2D eigenvalue weighted by atomic mass is 16.7. The van der Waals surface area contributed by atoms with Crippen LogP contribution in [0.2, 0.25) is 0 Å². The van der Waals surface area contributed by atoms with Crippen molar-refractivity contribution in [3.8, 4) is 17.6 Å². The summed E-state index contributed by atoms with van der Waals surface area (Å²) in [5, 5.41) is 14.2. The zero-order chi connectivity index (χ0) is 20.9. The van der Waals surface area contributed by atoms with Crippen LogP contribution in [0.1, 0.15) is 38.1 Å². The van der Waals surface area contributed by atoms with Gasteiger partial charge < -0.3 is 24.8 Å². The van der Waals surface area contributed by atoms with Gasteiger partial charge >= 0.3 is 5.97 Å². The molecule has 9 nitrogen and oxygen atoms in total. The third kappa shape index (κ3) is 4.91. The molecule has 28 heavy (non-hydrogen) atoms. The number of hydrogen-bond acceptors (Lipinski definition) is 7. The molecule has 1 aliphatic heterocycles. The molecule has 2 N–H and O–H groups in total. The number of nitriles is 1. The predicted octanol–water partition coefficient (Wildman–Crippen LogP) is 1.13. The van der Waals surface area contributed by atoms with Crippen LogP contribution in [0.25, 0.3) is 0 Å². The molecule has 0 fully saturated rings. The summed E-state index contributed by atoms with van der Waals surface area (Å²) in [5.74, 6) is -1.00. The molecule has 0 unspecified atom stereocenters. The first-order valence-corrected chi connectivity index (χ1v) is 8.77. The molecule has 1 aromatic carbocycles. The van der Waals surface area contributed by atoms with Crippen molar-refractivity contribution in [2.45, 2.75) is 39.3 Å². The molecular formula is C19H23N3O6. The predicted molar refractivity (Wildman–Crippen MR) is 97.5 cm³/mol. The Morgan fingerprint density at radius 1 is 1.25 bits per heavy atom.